The molecule has 0 aromatic heterocycles. The topological polar surface area (TPSA) is 69.6 Å². The van der Waals surface area contributed by atoms with E-state index in [1.165, 1.54) is 0 Å². The normalized spacial score (nSPS) is 12.0. The number of benzene rings is 2. The summed E-state index contributed by atoms with van der Waals surface area (Å²) in [5, 5.41) is 21.5. The van der Waals surface area contributed by atoms with Crippen LogP contribution in [-0.4, -0.2) is 22.2 Å². The molecular weight excluding hydrogens is 254 g/mol. The van der Waals surface area contributed by atoms with Gasteiger partial charge >= 0.3 is 5.97 Å². The van der Waals surface area contributed by atoms with Crippen molar-refractivity contribution in [2.45, 2.75) is 19.0 Å². The lowest BCUT2D eigenvalue weighted by Crippen LogP contribution is -2.38. The largest absolute Gasteiger partial charge is 0.508 e. The number of nitrogens with one attached hydrogen (secondary N) is 1. The van der Waals surface area contributed by atoms with Crippen LogP contribution in [0.1, 0.15) is 11.1 Å². The fourth-order valence-electron chi connectivity index (χ4n) is 1.95. The average Bonchev–Trinajstić information content (AvgIpc) is 2.46. The van der Waals surface area contributed by atoms with Crippen LogP contribution in [0.2, 0.25) is 0 Å². The van der Waals surface area contributed by atoms with Gasteiger partial charge in [-0.2, -0.15) is 0 Å². The molecule has 4 nitrogen and oxygen atoms in total. The van der Waals surface area contributed by atoms with Gasteiger partial charge in [-0.3, -0.25) is 4.79 Å². The molecular formula is C16H17NO3. The molecule has 0 spiro atoms. The van der Waals surface area contributed by atoms with Crippen molar-refractivity contribution in [3.05, 3.63) is 65.7 Å². The van der Waals surface area contributed by atoms with Crippen LogP contribution in [0.15, 0.2) is 54.6 Å². The van der Waals surface area contributed by atoms with Crippen LogP contribution in [0.25, 0.3) is 0 Å². The van der Waals surface area contributed by atoms with Crippen LogP contribution < -0.4 is 5.32 Å². The molecule has 0 aliphatic carbocycles. The standard InChI is InChI=1S/C16H17NO3/c18-14-8-6-13(7-9-14)11-17-15(16(19)20)10-12-4-2-1-3-5-12/h1-9,15,17-18H,10-11H2,(H,19,20)/t15-/m0/s1. The van der Waals surface area contributed by atoms with Crippen molar-refractivity contribution in [1.29, 1.82) is 0 Å². The van der Waals surface area contributed by atoms with E-state index in [-0.39, 0.29) is 5.75 Å². The first-order chi connectivity index (χ1) is 9.65. The fraction of sp³-hybridized carbons (Fsp3) is 0.188. The Bertz CT molecular complexity index is 552. The molecule has 0 saturated heterocycles. The van der Waals surface area contributed by atoms with Crippen LogP contribution in [0.4, 0.5) is 0 Å². The predicted octanol–water partition coefficient (Wildman–Crippen LogP) is 2.18. The highest BCUT2D eigenvalue weighted by molar-refractivity contribution is 5.73. The van der Waals surface area contributed by atoms with E-state index in [9.17, 15) is 15.0 Å². The van der Waals surface area contributed by atoms with Gasteiger partial charge in [-0.25, -0.2) is 0 Å². The number of carboxylic acid groups (broad SMARTS) is 1. The Morgan fingerprint density at radius 2 is 1.65 bits per heavy atom. The molecule has 0 heterocycles. The molecule has 0 fully saturated rings. The summed E-state index contributed by atoms with van der Waals surface area (Å²) >= 11 is 0. The Hall–Kier alpha value is -2.33. The van der Waals surface area contributed by atoms with Gasteiger partial charge in [0.25, 0.3) is 0 Å². The average molecular weight is 271 g/mol. The number of rotatable bonds is 6. The number of carboxylic acids is 1. The van der Waals surface area contributed by atoms with Crippen molar-refractivity contribution in [3.8, 4) is 5.75 Å². The molecule has 4 heteroatoms. The molecule has 1 atom stereocenters. The Balaban J connectivity index is 1.96. The first-order valence-corrected chi connectivity index (χ1v) is 6.43. The Morgan fingerprint density at radius 3 is 2.25 bits per heavy atom. The van der Waals surface area contributed by atoms with E-state index in [4.69, 9.17) is 0 Å². The Kier molecular flexibility index (Phi) is 4.74. The van der Waals surface area contributed by atoms with Crippen molar-refractivity contribution in [2.24, 2.45) is 0 Å². The summed E-state index contributed by atoms with van der Waals surface area (Å²) in [4.78, 5) is 11.3. The van der Waals surface area contributed by atoms with Gasteiger partial charge < -0.3 is 15.5 Å². The van der Waals surface area contributed by atoms with Gasteiger partial charge in [0, 0.05) is 6.54 Å². The van der Waals surface area contributed by atoms with Crippen molar-refractivity contribution in [2.75, 3.05) is 0 Å². The molecule has 0 aliphatic rings. The number of phenols is 1. The van der Waals surface area contributed by atoms with Crippen LogP contribution in [0.3, 0.4) is 0 Å². The molecule has 20 heavy (non-hydrogen) atoms. The number of aliphatic carboxylic acids is 1. The van der Waals surface area contributed by atoms with Crippen molar-refractivity contribution in [1.82, 2.24) is 5.32 Å². The Labute approximate surface area is 117 Å². The van der Waals surface area contributed by atoms with Crippen LogP contribution in [-0.2, 0) is 17.8 Å². The summed E-state index contributed by atoms with van der Waals surface area (Å²) in [6.07, 6.45) is 0.439. The molecule has 0 amide bonds. The molecule has 2 aromatic rings. The molecule has 0 unspecified atom stereocenters. The zero-order chi connectivity index (χ0) is 14.4. The van der Waals surface area contributed by atoms with Gasteiger partial charge in [0.15, 0.2) is 0 Å². The second kappa shape index (κ2) is 6.73. The zero-order valence-corrected chi connectivity index (χ0v) is 11.0. The number of phenolic OH excluding ortho intramolecular Hbond substituents is 1. The monoisotopic (exact) mass is 271 g/mol. The molecule has 2 rings (SSSR count). The maximum Gasteiger partial charge on any atom is 0.321 e. The van der Waals surface area contributed by atoms with Crippen molar-refractivity contribution >= 4 is 5.97 Å². The van der Waals surface area contributed by atoms with Gasteiger partial charge in [-0.05, 0) is 29.7 Å². The summed E-state index contributed by atoms with van der Waals surface area (Å²) in [7, 11) is 0. The minimum atomic E-state index is -0.868. The van der Waals surface area contributed by atoms with E-state index in [2.05, 4.69) is 5.32 Å². The minimum Gasteiger partial charge on any atom is -0.508 e. The second-order valence-electron chi connectivity index (χ2n) is 4.63. The lowest BCUT2D eigenvalue weighted by atomic mass is 10.1. The van der Waals surface area contributed by atoms with E-state index < -0.39 is 12.0 Å². The lowest BCUT2D eigenvalue weighted by molar-refractivity contribution is -0.139. The third kappa shape index (κ3) is 4.10. The van der Waals surface area contributed by atoms with Crippen LogP contribution >= 0.6 is 0 Å². The molecule has 0 aliphatic heterocycles. The summed E-state index contributed by atoms with van der Waals surface area (Å²) in [6, 6.07) is 15.6. The smallest absolute Gasteiger partial charge is 0.321 e. The Morgan fingerprint density at radius 1 is 1.00 bits per heavy atom. The predicted molar refractivity (Wildman–Crippen MR) is 76.5 cm³/mol. The molecule has 2 aromatic carbocycles. The third-order valence-electron chi connectivity index (χ3n) is 3.07. The quantitative estimate of drug-likeness (QED) is 0.753. The molecule has 0 saturated carbocycles. The summed E-state index contributed by atoms with van der Waals surface area (Å²) in [5.74, 6) is -0.666. The highest BCUT2D eigenvalue weighted by Crippen LogP contribution is 2.10. The molecule has 0 radical (unpaired) electrons. The minimum absolute atomic E-state index is 0.202. The van der Waals surface area contributed by atoms with E-state index in [1.807, 2.05) is 30.3 Å². The first kappa shape index (κ1) is 14.1. The second-order valence-corrected chi connectivity index (χ2v) is 4.63. The van der Waals surface area contributed by atoms with Crippen LogP contribution in [0.5, 0.6) is 5.75 Å². The molecule has 3 N–H and O–H groups in total. The van der Waals surface area contributed by atoms with E-state index in [1.54, 1.807) is 24.3 Å². The summed E-state index contributed by atoms with van der Waals surface area (Å²) < 4.78 is 0. The summed E-state index contributed by atoms with van der Waals surface area (Å²) in [5.41, 5.74) is 1.92. The van der Waals surface area contributed by atoms with Gasteiger partial charge in [-0.1, -0.05) is 42.5 Å². The number of aromatic hydroxyl groups is 1. The first-order valence-electron chi connectivity index (χ1n) is 6.43. The highest BCUT2D eigenvalue weighted by atomic mass is 16.4. The third-order valence-corrected chi connectivity index (χ3v) is 3.07. The summed E-state index contributed by atoms with van der Waals surface area (Å²) in [6.45, 7) is 0.448. The number of hydrogen-bond acceptors (Lipinski definition) is 3. The van der Waals surface area contributed by atoms with Gasteiger partial charge in [-0.15, -0.1) is 0 Å². The molecule has 104 valence electrons. The van der Waals surface area contributed by atoms with Gasteiger partial charge in [0.05, 0.1) is 0 Å². The number of carbonyl (C=O) groups is 1. The maximum absolute atomic E-state index is 11.3. The fourth-order valence-corrected chi connectivity index (χ4v) is 1.95. The highest BCUT2D eigenvalue weighted by Gasteiger charge is 2.17. The van der Waals surface area contributed by atoms with E-state index in [0.717, 1.165) is 11.1 Å². The molecule has 0 bridgehead atoms. The lowest BCUT2D eigenvalue weighted by Gasteiger charge is -2.14. The van der Waals surface area contributed by atoms with Gasteiger partial charge in [0.1, 0.15) is 11.8 Å². The van der Waals surface area contributed by atoms with Gasteiger partial charge in [0.2, 0.25) is 0 Å². The zero-order valence-electron chi connectivity index (χ0n) is 11.0. The van der Waals surface area contributed by atoms with Crippen LogP contribution in [0, 0.1) is 0 Å². The number of hydrogen-bond donors (Lipinski definition) is 3. The van der Waals surface area contributed by atoms with E-state index in [0.29, 0.717) is 13.0 Å². The van der Waals surface area contributed by atoms with E-state index >= 15 is 0 Å². The van der Waals surface area contributed by atoms with Crippen molar-refractivity contribution in [3.63, 3.8) is 0 Å². The van der Waals surface area contributed by atoms with Crippen molar-refractivity contribution < 1.29 is 15.0 Å². The maximum atomic E-state index is 11.3. The SMILES string of the molecule is O=C(O)[C@H](Cc1ccccc1)NCc1ccc(O)cc1.